The predicted octanol–water partition coefficient (Wildman–Crippen LogP) is 3.08. The van der Waals surface area contributed by atoms with E-state index in [0.717, 1.165) is 18.8 Å². The van der Waals surface area contributed by atoms with Crippen LogP contribution < -0.4 is 11.1 Å². The van der Waals surface area contributed by atoms with Gasteiger partial charge in [0.15, 0.2) is 0 Å². The van der Waals surface area contributed by atoms with Crippen LogP contribution in [0.3, 0.4) is 0 Å². The number of carbonyl (C=O) groups is 1. The molecule has 1 aromatic carbocycles. The molecule has 0 bridgehead atoms. The Balaban J connectivity index is 1.84. The van der Waals surface area contributed by atoms with Crippen LogP contribution in [0.2, 0.25) is 5.02 Å². The van der Waals surface area contributed by atoms with Crippen LogP contribution in [0.25, 0.3) is 0 Å². The molecule has 1 aliphatic rings. The predicted molar refractivity (Wildman–Crippen MR) is 92.1 cm³/mol. The van der Waals surface area contributed by atoms with Gasteiger partial charge in [0.25, 0.3) is 0 Å². The summed E-state index contributed by atoms with van der Waals surface area (Å²) in [7, 11) is 0. The fourth-order valence-corrected chi connectivity index (χ4v) is 3.80. The lowest BCUT2D eigenvalue weighted by Crippen LogP contribution is -2.45. The molecule has 1 amide bonds. The largest absolute Gasteiger partial charge is 0.399 e. The van der Waals surface area contributed by atoms with Gasteiger partial charge >= 0.3 is 0 Å². The van der Waals surface area contributed by atoms with E-state index in [1.165, 1.54) is 0 Å². The summed E-state index contributed by atoms with van der Waals surface area (Å²) in [5.74, 6) is 1.12. The van der Waals surface area contributed by atoms with Crippen LogP contribution in [0.4, 0.5) is 11.4 Å². The van der Waals surface area contributed by atoms with E-state index < -0.39 is 0 Å². The van der Waals surface area contributed by atoms with Gasteiger partial charge in [0, 0.05) is 42.2 Å². The van der Waals surface area contributed by atoms with Gasteiger partial charge in [-0.2, -0.15) is 11.8 Å². The Labute approximate surface area is 135 Å². The van der Waals surface area contributed by atoms with E-state index in [2.05, 4.69) is 24.1 Å². The van der Waals surface area contributed by atoms with Crippen molar-refractivity contribution in [2.75, 3.05) is 29.9 Å². The lowest BCUT2D eigenvalue weighted by Gasteiger charge is -2.37. The Morgan fingerprint density at radius 1 is 1.52 bits per heavy atom. The van der Waals surface area contributed by atoms with Gasteiger partial charge < -0.3 is 11.1 Å². The molecule has 0 spiro atoms. The maximum atomic E-state index is 12.0. The molecular formula is C15H22ClN3OS. The van der Waals surface area contributed by atoms with E-state index >= 15 is 0 Å². The number of thioether (sulfide) groups is 1. The van der Waals surface area contributed by atoms with Gasteiger partial charge in [0.05, 0.1) is 10.7 Å². The van der Waals surface area contributed by atoms with E-state index in [4.69, 9.17) is 17.3 Å². The maximum Gasteiger partial charge on any atom is 0.225 e. The first-order chi connectivity index (χ1) is 9.97. The highest BCUT2D eigenvalue weighted by Gasteiger charge is 2.25. The molecule has 21 heavy (non-hydrogen) atoms. The van der Waals surface area contributed by atoms with Gasteiger partial charge in [-0.05, 0) is 25.1 Å². The molecule has 1 aromatic rings. The molecule has 2 unspecified atom stereocenters. The number of carbonyl (C=O) groups excluding carboxylic acids is 1. The summed E-state index contributed by atoms with van der Waals surface area (Å²) in [6.07, 6.45) is 0.475. The topological polar surface area (TPSA) is 58.4 Å². The molecular weight excluding hydrogens is 306 g/mol. The molecule has 2 atom stereocenters. The summed E-state index contributed by atoms with van der Waals surface area (Å²) in [6, 6.07) is 5.62. The van der Waals surface area contributed by atoms with Crippen molar-refractivity contribution >= 4 is 40.6 Å². The van der Waals surface area contributed by atoms with Crippen LogP contribution in [-0.4, -0.2) is 40.9 Å². The van der Waals surface area contributed by atoms with Crippen molar-refractivity contribution in [3.8, 4) is 0 Å². The molecule has 1 heterocycles. The first-order valence-electron chi connectivity index (χ1n) is 7.18. The summed E-state index contributed by atoms with van der Waals surface area (Å²) in [5.41, 5.74) is 6.84. The third-order valence-electron chi connectivity index (χ3n) is 3.91. The highest BCUT2D eigenvalue weighted by molar-refractivity contribution is 8.00. The molecule has 6 heteroatoms. The average molecular weight is 328 g/mol. The molecule has 1 fully saturated rings. The number of benzene rings is 1. The molecule has 0 radical (unpaired) electrons. The summed E-state index contributed by atoms with van der Waals surface area (Å²) in [5, 5.41) is 3.94. The number of nitrogens with zero attached hydrogens (tertiary/aromatic N) is 1. The van der Waals surface area contributed by atoms with Crippen LogP contribution in [-0.2, 0) is 4.79 Å². The number of nitrogens with one attached hydrogen (secondary N) is 1. The van der Waals surface area contributed by atoms with Crippen molar-refractivity contribution in [2.24, 2.45) is 0 Å². The van der Waals surface area contributed by atoms with E-state index in [1.807, 2.05) is 11.8 Å². The van der Waals surface area contributed by atoms with Crippen LogP contribution >= 0.6 is 23.4 Å². The Bertz CT molecular complexity index is 512. The monoisotopic (exact) mass is 327 g/mol. The van der Waals surface area contributed by atoms with Crippen LogP contribution in [0.15, 0.2) is 18.2 Å². The van der Waals surface area contributed by atoms with Crippen molar-refractivity contribution in [2.45, 2.75) is 31.6 Å². The Morgan fingerprint density at radius 2 is 2.29 bits per heavy atom. The van der Waals surface area contributed by atoms with Crippen LogP contribution in [0, 0.1) is 0 Å². The van der Waals surface area contributed by atoms with Gasteiger partial charge in [0.2, 0.25) is 5.91 Å². The lowest BCUT2D eigenvalue weighted by atomic mass is 10.2. The van der Waals surface area contributed by atoms with Crippen molar-refractivity contribution in [3.05, 3.63) is 23.2 Å². The molecule has 1 aliphatic heterocycles. The molecule has 0 aromatic heterocycles. The van der Waals surface area contributed by atoms with Crippen molar-refractivity contribution in [1.29, 1.82) is 0 Å². The fourth-order valence-electron chi connectivity index (χ4n) is 2.40. The molecule has 4 nitrogen and oxygen atoms in total. The van der Waals surface area contributed by atoms with Gasteiger partial charge in [0.1, 0.15) is 0 Å². The van der Waals surface area contributed by atoms with E-state index in [-0.39, 0.29) is 5.91 Å². The third-order valence-corrected chi connectivity index (χ3v) is 5.56. The lowest BCUT2D eigenvalue weighted by molar-refractivity contribution is -0.116. The zero-order chi connectivity index (χ0) is 15.4. The van der Waals surface area contributed by atoms with Crippen molar-refractivity contribution in [3.63, 3.8) is 0 Å². The number of hydrogen-bond acceptors (Lipinski definition) is 4. The molecule has 3 N–H and O–H groups in total. The minimum Gasteiger partial charge on any atom is -0.399 e. The van der Waals surface area contributed by atoms with Crippen LogP contribution in [0.1, 0.15) is 20.3 Å². The zero-order valence-corrected chi connectivity index (χ0v) is 14.0. The van der Waals surface area contributed by atoms with Gasteiger partial charge in [-0.25, -0.2) is 0 Å². The molecule has 0 aliphatic carbocycles. The molecule has 0 saturated carbocycles. The number of hydrogen-bond donors (Lipinski definition) is 2. The van der Waals surface area contributed by atoms with Crippen LogP contribution in [0.5, 0.6) is 0 Å². The van der Waals surface area contributed by atoms with Gasteiger partial charge in [-0.15, -0.1) is 0 Å². The van der Waals surface area contributed by atoms with E-state index in [1.54, 1.807) is 18.2 Å². The fraction of sp³-hybridized carbons (Fsp3) is 0.533. The minimum absolute atomic E-state index is 0.0141. The standard InChI is InChI=1S/C15H22ClN3OS/c1-10-11(2)21-8-7-19(10)6-5-15(20)18-14-4-3-12(17)9-13(14)16/h3-4,9-11H,5-8,17H2,1-2H3,(H,18,20). The zero-order valence-electron chi connectivity index (χ0n) is 12.4. The number of amides is 1. The van der Waals surface area contributed by atoms with Gasteiger partial charge in [-0.1, -0.05) is 18.5 Å². The Kier molecular flexibility index (Phi) is 5.79. The third kappa shape index (κ3) is 4.53. The summed E-state index contributed by atoms with van der Waals surface area (Å²) < 4.78 is 0. The quantitative estimate of drug-likeness (QED) is 0.834. The number of halogens is 1. The maximum absolute atomic E-state index is 12.0. The second-order valence-corrected chi connectivity index (χ2v) is 7.28. The Morgan fingerprint density at radius 3 is 3.00 bits per heavy atom. The highest BCUT2D eigenvalue weighted by Crippen LogP contribution is 2.25. The van der Waals surface area contributed by atoms with E-state index in [9.17, 15) is 4.79 Å². The normalized spacial score (nSPS) is 23.0. The second kappa shape index (κ2) is 7.38. The number of anilines is 2. The SMILES string of the molecule is CC1SCCN(CCC(=O)Nc2ccc(N)cc2Cl)C1C. The van der Waals surface area contributed by atoms with Crippen molar-refractivity contribution in [1.82, 2.24) is 4.90 Å². The van der Waals surface area contributed by atoms with E-state index in [0.29, 0.717) is 34.1 Å². The smallest absolute Gasteiger partial charge is 0.225 e. The summed E-state index contributed by atoms with van der Waals surface area (Å²) in [6.45, 7) is 6.30. The average Bonchev–Trinajstić information content (AvgIpc) is 2.43. The highest BCUT2D eigenvalue weighted by atomic mass is 35.5. The minimum atomic E-state index is -0.0141. The first-order valence-corrected chi connectivity index (χ1v) is 8.60. The number of rotatable bonds is 4. The van der Waals surface area contributed by atoms with Gasteiger partial charge in [-0.3, -0.25) is 9.69 Å². The Hall–Kier alpha value is -0.910. The molecule has 1 saturated heterocycles. The second-order valence-electron chi connectivity index (χ2n) is 5.39. The number of nitrogen functional groups attached to an aromatic ring is 1. The molecule has 116 valence electrons. The number of nitrogens with two attached hydrogens (primary N) is 1. The first kappa shape index (κ1) is 16.5. The van der Waals surface area contributed by atoms with Crippen molar-refractivity contribution < 1.29 is 4.79 Å². The summed E-state index contributed by atoms with van der Waals surface area (Å²) in [4.78, 5) is 14.4. The molecule has 2 rings (SSSR count). The summed E-state index contributed by atoms with van der Waals surface area (Å²) >= 11 is 8.06.